The van der Waals surface area contributed by atoms with E-state index in [1.54, 1.807) is 7.11 Å². The highest BCUT2D eigenvalue weighted by Gasteiger charge is 2.35. The predicted molar refractivity (Wildman–Crippen MR) is 161 cm³/mol. The van der Waals surface area contributed by atoms with E-state index in [1.807, 2.05) is 18.3 Å². The molecule has 0 unspecified atom stereocenters. The first-order chi connectivity index (χ1) is 20.6. The second-order valence-corrected chi connectivity index (χ2v) is 10.7. The highest BCUT2D eigenvalue weighted by molar-refractivity contribution is 5.93. The zero-order chi connectivity index (χ0) is 30.7. The summed E-state index contributed by atoms with van der Waals surface area (Å²) in [6, 6.07) is 12.7. The Labute approximate surface area is 248 Å². The molecule has 12 nitrogen and oxygen atoms in total. The zero-order valence-electron chi connectivity index (χ0n) is 24.2. The van der Waals surface area contributed by atoms with Crippen molar-refractivity contribution in [2.24, 2.45) is 0 Å². The Morgan fingerprint density at radius 3 is 2.49 bits per heavy atom. The van der Waals surface area contributed by atoms with Crippen LogP contribution >= 0.6 is 0 Å². The third-order valence-electron chi connectivity index (χ3n) is 7.89. The van der Waals surface area contributed by atoms with Gasteiger partial charge in [-0.25, -0.2) is 19.6 Å². The van der Waals surface area contributed by atoms with Crippen molar-refractivity contribution in [2.45, 2.75) is 32.4 Å². The first kappa shape index (κ1) is 29.7. The Morgan fingerprint density at radius 2 is 1.81 bits per heavy atom. The van der Waals surface area contributed by atoms with Gasteiger partial charge in [-0.05, 0) is 43.5 Å². The van der Waals surface area contributed by atoms with Gasteiger partial charge in [-0.15, -0.1) is 0 Å². The van der Waals surface area contributed by atoms with Gasteiger partial charge in [0.2, 0.25) is 0 Å². The Balaban J connectivity index is 0.000000407. The second-order valence-electron chi connectivity index (χ2n) is 10.7. The van der Waals surface area contributed by atoms with Crippen LogP contribution in [-0.4, -0.2) is 97.8 Å². The smallest absolute Gasteiger partial charge is 0.328 e. The number of anilines is 1. The predicted octanol–water partition coefficient (Wildman–Crippen LogP) is 3.28. The lowest BCUT2D eigenvalue weighted by Gasteiger charge is -2.37. The van der Waals surface area contributed by atoms with Crippen LogP contribution in [0.15, 0.2) is 54.7 Å². The van der Waals surface area contributed by atoms with Crippen LogP contribution in [0, 0.1) is 13.8 Å². The third-order valence-corrected chi connectivity index (χ3v) is 7.89. The van der Waals surface area contributed by atoms with Gasteiger partial charge in [0.1, 0.15) is 28.5 Å². The molecule has 2 atom stereocenters. The van der Waals surface area contributed by atoms with Crippen molar-refractivity contribution >= 4 is 28.8 Å². The van der Waals surface area contributed by atoms with Crippen molar-refractivity contribution in [3.63, 3.8) is 0 Å². The van der Waals surface area contributed by atoms with E-state index in [4.69, 9.17) is 24.9 Å². The van der Waals surface area contributed by atoms with Gasteiger partial charge in [0, 0.05) is 67.8 Å². The van der Waals surface area contributed by atoms with Gasteiger partial charge in [0.25, 0.3) is 0 Å². The number of aliphatic hydroxyl groups excluding tert-OH is 1. The number of aliphatic carboxylic acids is 2. The number of H-pyrrole nitrogens is 1. The van der Waals surface area contributed by atoms with Gasteiger partial charge in [-0.3, -0.25) is 10.00 Å². The molecule has 4 aromatic rings. The lowest BCUT2D eigenvalue weighted by atomic mass is 9.99. The molecule has 0 spiro atoms. The highest BCUT2D eigenvalue weighted by Crippen LogP contribution is 2.36. The maximum absolute atomic E-state index is 10.00. The monoisotopic (exact) mass is 586 g/mol. The number of carboxylic acid groups (broad SMARTS) is 2. The van der Waals surface area contributed by atoms with Crippen LogP contribution in [0.2, 0.25) is 0 Å². The molecule has 2 fully saturated rings. The number of nitrogens with one attached hydrogen (secondary N) is 1. The minimum atomic E-state index is -1.26. The van der Waals surface area contributed by atoms with Crippen LogP contribution in [0.1, 0.15) is 17.5 Å². The molecule has 0 bridgehead atoms. The standard InChI is InChI=1S/C27H30N6O2.C4H4O4/c1-16-5-4-6-21(17(16)2)26-23(35-3)12-22-27(29-26)25(31-30-22)18-7-8-24(28-13-18)33-10-9-32-15-20(34)11-19(32)14-33;5-3(6)1-2-4(7)8/h4-8,12-13,19-20,34H,9-11,14-15H2,1-3H3,(H,30,31);1-2H,(H,5,6)(H,7,8)/b;2-1+/t19-,20+;/m0./s1. The normalized spacial score (nSPS) is 18.4. The largest absolute Gasteiger partial charge is 0.494 e. The average Bonchev–Trinajstić information content (AvgIpc) is 3.58. The van der Waals surface area contributed by atoms with E-state index in [0.29, 0.717) is 23.9 Å². The lowest BCUT2D eigenvalue weighted by molar-refractivity contribution is -0.134. The molecule has 3 aromatic heterocycles. The molecule has 4 N–H and O–H groups in total. The lowest BCUT2D eigenvalue weighted by Crippen LogP contribution is -2.50. The number of aromatic amines is 1. The summed E-state index contributed by atoms with van der Waals surface area (Å²) in [5, 5.41) is 33.3. The molecule has 6 rings (SSSR count). The number of pyridine rings is 2. The zero-order valence-corrected chi connectivity index (χ0v) is 24.2. The third kappa shape index (κ3) is 6.50. The molecule has 43 heavy (non-hydrogen) atoms. The fourth-order valence-corrected chi connectivity index (χ4v) is 5.57. The molecule has 0 aliphatic carbocycles. The summed E-state index contributed by atoms with van der Waals surface area (Å²) in [5.74, 6) is -0.841. The Hall–Kier alpha value is -4.81. The summed E-state index contributed by atoms with van der Waals surface area (Å²) in [6.07, 6.45) is 3.63. The molecule has 2 aliphatic rings. The molecule has 0 amide bonds. The van der Waals surface area contributed by atoms with Crippen LogP contribution in [0.25, 0.3) is 33.5 Å². The molecule has 12 heteroatoms. The molecule has 5 heterocycles. The number of carboxylic acids is 2. The first-order valence-electron chi connectivity index (χ1n) is 13.9. The van der Waals surface area contributed by atoms with Crippen LogP contribution in [0.5, 0.6) is 5.75 Å². The van der Waals surface area contributed by atoms with E-state index in [0.717, 1.165) is 72.0 Å². The van der Waals surface area contributed by atoms with Crippen LogP contribution in [0.3, 0.4) is 0 Å². The maximum Gasteiger partial charge on any atom is 0.328 e. The van der Waals surface area contributed by atoms with Gasteiger partial charge in [-0.1, -0.05) is 18.2 Å². The maximum atomic E-state index is 10.00. The SMILES string of the molecule is COc1cc2[nH]nc(-c3ccc(N4CCN5C[C@H](O)C[C@H]5C4)nc3)c2nc1-c1cccc(C)c1C.O=C(O)/C=C/C(=O)O. The number of aryl methyl sites for hydroxylation is 1. The topological polar surface area (TPSA) is 165 Å². The number of ether oxygens (including phenoxy) is 1. The van der Waals surface area contributed by atoms with Crippen molar-refractivity contribution in [1.82, 2.24) is 25.1 Å². The fourth-order valence-electron chi connectivity index (χ4n) is 5.57. The summed E-state index contributed by atoms with van der Waals surface area (Å²) in [6.45, 7) is 7.79. The quantitative estimate of drug-likeness (QED) is 0.245. The minimum Gasteiger partial charge on any atom is -0.494 e. The van der Waals surface area contributed by atoms with Crippen molar-refractivity contribution in [3.8, 4) is 28.3 Å². The highest BCUT2D eigenvalue weighted by atomic mass is 16.5. The van der Waals surface area contributed by atoms with Crippen molar-refractivity contribution in [3.05, 3.63) is 65.9 Å². The first-order valence-corrected chi connectivity index (χ1v) is 13.9. The average molecular weight is 587 g/mol. The van der Waals surface area contributed by atoms with E-state index in [9.17, 15) is 14.7 Å². The molecule has 0 saturated carbocycles. The molecule has 2 aliphatic heterocycles. The number of aromatic nitrogens is 4. The van der Waals surface area contributed by atoms with E-state index in [1.165, 1.54) is 11.1 Å². The molecule has 0 radical (unpaired) electrons. The fraction of sp³-hybridized carbons (Fsp3) is 0.323. The summed E-state index contributed by atoms with van der Waals surface area (Å²) in [7, 11) is 1.67. The van der Waals surface area contributed by atoms with E-state index in [-0.39, 0.29) is 6.10 Å². The van der Waals surface area contributed by atoms with Crippen LogP contribution in [0.4, 0.5) is 5.82 Å². The van der Waals surface area contributed by atoms with Gasteiger partial charge >= 0.3 is 11.9 Å². The second kappa shape index (κ2) is 12.6. The molecule has 1 aromatic carbocycles. The van der Waals surface area contributed by atoms with Crippen molar-refractivity contribution in [1.29, 1.82) is 0 Å². The van der Waals surface area contributed by atoms with Crippen LogP contribution < -0.4 is 9.64 Å². The number of aliphatic hydroxyl groups is 1. The Bertz CT molecular complexity index is 1650. The van der Waals surface area contributed by atoms with Crippen LogP contribution in [-0.2, 0) is 9.59 Å². The van der Waals surface area contributed by atoms with Gasteiger partial charge in [0.15, 0.2) is 0 Å². The Morgan fingerprint density at radius 1 is 1.05 bits per heavy atom. The number of benzene rings is 1. The number of nitrogens with zero attached hydrogens (tertiary/aromatic N) is 5. The van der Waals surface area contributed by atoms with Gasteiger partial charge in [-0.2, -0.15) is 5.10 Å². The summed E-state index contributed by atoms with van der Waals surface area (Å²) in [5.41, 5.74) is 7.58. The summed E-state index contributed by atoms with van der Waals surface area (Å²) < 4.78 is 5.69. The summed E-state index contributed by atoms with van der Waals surface area (Å²) >= 11 is 0. The number of hydrogen-bond donors (Lipinski definition) is 4. The van der Waals surface area contributed by atoms with E-state index in [2.05, 4.69) is 58.1 Å². The number of carbonyl (C=O) groups is 2. The molecular formula is C31H34N6O6. The molecule has 2 saturated heterocycles. The van der Waals surface area contributed by atoms with Gasteiger partial charge in [0.05, 0.1) is 18.7 Å². The number of rotatable bonds is 6. The Kier molecular flexibility index (Phi) is 8.69. The van der Waals surface area contributed by atoms with Gasteiger partial charge < -0.3 is 25.0 Å². The number of methoxy groups -OCH3 is 1. The number of hydrogen-bond acceptors (Lipinski definition) is 9. The van der Waals surface area contributed by atoms with Crippen molar-refractivity contribution in [2.75, 3.05) is 38.2 Å². The molecule has 224 valence electrons. The van der Waals surface area contributed by atoms with E-state index >= 15 is 0 Å². The van der Waals surface area contributed by atoms with E-state index < -0.39 is 11.9 Å². The minimum absolute atomic E-state index is 0.206. The van der Waals surface area contributed by atoms with Crippen molar-refractivity contribution < 1.29 is 29.6 Å². The molecular weight excluding hydrogens is 552 g/mol. The number of fused-ring (bicyclic) bond motifs is 2. The summed E-state index contributed by atoms with van der Waals surface area (Å²) in [4.78, 5) is 33.6. The number of piperazine rings is 1.